The zero-order valence-corrected chi connectivity index (χ0v) is 12.4. The molecule has 1 aromatic carbocycles. The molecule has 0 aromatic heterocycles. The molecule has 1 aromatic rings. The molecule has 0 saturated heterocycles. The van der Waals surface area contributed by atoms with E-state index in [0.29, 0.717) is 17.3 Å². The van der Waals surface area contributed by atoms with E-state index in [1.54, 1.807) is 0 Å². The molecule has 0 bridgehead atoms. The summed E-state index contributed by atoms with van der Waals surface area (Å²) < 4.78 is 0. The minimum atomic E-state index is 0.155. The number of benzene rings is 1. The highest BCUT2D eigenvalue weighted by molar-refractivity contribution is 9.09. The van der Waals surface area contributed by atoms with Crippen LogP contribution in [0, 0.1) is 6.92 Å². The molecule has 3 heteroatoms. The van der Waals surface area contributed by atoms with E-state index in [1.165, 1.54) is 5.56 Å². The summed E-state index contributed by atoms with van der Waals surface area (Å²) in [5.74, 6) is 0.155. The van der Waals surface area contributed by atoms with Crippen LogP contribution in [-0.2, 0) is 11.2 Å². The Morgan fingerprint density at radius 3 is 2.61 bits per heavy atom. The van der Waals surface area contributed by atoms with Crippen LogP contribution in [0.1, 0.15) is 36.8 Å². The Kier molecular flexibility index (Phi) is 4.81. The lowest BCUT2D eigenvalue weighted by Gasteiger charge is -2.26. The Hall–Kier alpha value is -0.830. The molecular weight excluding hydrogens is 290 g/mol. The number of carbonyl (C=O) groups excluding carboxylic acids is 1. The maximum Gasteiger partial charge on any atom is 0.224 e. The van der Waals surface area contributed by atoms with E-state index in [2.05, 4.69) is 34.2 Å². The van der Waals surface area contributed by atoms with E-state index >= 15 is 0 Å². The zero-order valence-electron chi connectivity index (χ0n) is 10.8. The number of aryl methyl sites for hydroxylation is 1. The molecule has 0 unspecified atom stereocenters. The van der Waals surface area contributed by atoms with Crippen LogP contribution in [0.3, 0.4) is 0 Å². The summed E-state index contributed by atoms with van der Waals surface area (Å²) in [6, 6.07) is 8.46. The fourth-order valence-corrected chi connectivity index (χ4v) is 2.99. The largest absolute Gasteiger partial charge is 0.353 e. The Morgan fingerprint density at radius 2 is 1.94 bits per heavy atom. The van der Waals surface area contributed by atoms with Crippen molar-refractivity contribution in [2.75, 3.05) is 0 Å². The van der Waals surface area contributed by atoms with Gasteiger partial charge >= 0.3 is 0 Å². The van der Waals surface area contributed by atoms with Crippen molar-refractivity contribution in [3.05, 3.63) is 35.4 Å². The number of halogens is 1. The maximum absolute atomic E-state index is 12.0. The van der Waals surface area contributed by atoms with E-state index in [1.807, 2.05) is 18.2 Å². The van der Waals surface area contributed by atoms with Crippen LogP contribution >= 0.6 is 15.9 Å². The highest BCUT2D eigenvalue weighted by Crippen LogP contribution is 2.24. The van der Waals surface area contributed by atoms with Crippen LogP contribution in [-0.4, -0.2) is 16.8 Å². The smallest absolute Gasteiger partial charge is 0.224 e. The molecule has 0 atom stereocenters. The Morgan fingerprint density at radius 1 is 1.28 bits per heavy atom. The third kappa shape index (κ3) is 3.84. The lowest BCUT2D eigenvalue weighted by Crippen LogP contribution is -2.38. The minimum Gasteiger partial charge on any atom is -0.353 e. The van der Waals surface area contributed by atoms with Gasteiger partial charge in [-0.2, -0.15) is 0 Å². The van der Waals surface area contributed by atoms with E-state index in [-0.39, 0.29) is 5.91 Å². The van der Waals surface area contributed by atoms with Crippen molar-refractivity contribution in [1.82, 2.24) is 5.32 Å². The molecule has 18 heavy (non-hydrogen) atoms. The molecule has 0 aliphatic heterocycles. The van der Waals surface area contributed by atoms with Crippen molar-refractivity contribution in [3.8, 4) is 0 Å². The van der Waals surface area contributed by atoms with E-state index < -0.39 is 0 Å². The molecule has 0 heterocycles. The molecule has 1 aliphatic carbocycles. The maximum atomic E-state index is 12.0. The van der Waals surface area contributed by atoms with Gasteiger partial charge in [-0.1, -0.05) is 40.2 Å². The monoisotopic (exact) mass is 309 g/mol. The number of nitrogens with one attached hydrogen (secondary N) is 1. The fraction of sp³-hybridized carbons (Fsp3) is 0.533. The number of hydrogen-bond donors (Lipinski definition) is 1. The van der Waals surface area contributed by atoms with Gasteiger partial charge in [0.1, 0.15) is 0 Å². The SMILES string of the molecule is Cc1ccccc1CC(=O)NC1CCC(Br)CC1. The third-order valence-corrected chi connectivity index (χ3v) is 4.55. The van der Waals surface area contributed by atoms with Gasteiger partial charge in [0.2, 0.25) is 5.91 Å². The highest BCUT2D eigenvalue weighted by atomic mass is 79.9. The quantitative estimate of drug-likeness (QED) is 0.852. The molecule has 1 saturated carbocycles. The van der Waals surface area contributed by atoms with E-state index in [9.17, 15) is 4.79 Å². The molecule has 0 radical (unpaired) electrons. The normalized spacial score (nSPS) is 23.7. The van der Waals surface area contributed by atoms with Gasteiger partial charge in [-0.15, -0.1) is 0 Å². The van der Waals surface area contributed by atoms with Crippen molar-refractivity contribution >= 4 is 21.8 Å². The molecule has 1 N–H and O–H groups in total. The highest BCUT2D eigenvalue weighted by Gasteiger charge is 2.20. The van der Waals surface area contributed by atoms with Gasteiger partial charge in [0.05, 0.1) is 6.42 Å². The van der Waals surface area contributed by atoms with Crippen LogP contribution in [0.2, 0.25) is 0 Å². The molecule has 2 nitrogen and oxygen atoms in total. The number of carbonyl (C=O) groups is 1. The second-order valence-electron chi connectivity index (χ2n) is 5.12. The number of rotatable bonds is 3. The average molecular weight is 310 g/mol. The van der Waals surface area contributed by atoms with Gasteiger partial charge in [-0.25, -0.2) is 0 Å². The average Bonchev–Trinajstić information content (AvgIpc) is 2.35. The first kappa shape index (κ1) is 13.6. The summed E-state index contributed by atoms with van der Waals surface area (Å²) in [5, 5.41) is 3.16. The predicted molar refractivity (Wildman–Crippen MR) is 78.0 cm³/mol. The molecule has 0 spiro atoms. The first-order valence-corrected chi connectivity index (χ1v) is 7.54. The lowest BCUT2D eigenvalue weighted by atomic mass is 9.95. The summed E-state index contributed by atoms with van der Waals surface area (Å²) in [4.78, 5) is 12.6. The Balaban J connectivity index is 1.84. The van der Waals surface area contributed by atoms with Gasteiger partial charge in [0.15, 0.2) is 0 Å². The van der Waals surface area contributed by atoms with Gasteiger partial charge < -0.3 is 5.32 Å². The van der Waals surface area contributed by atoms with Crippen LogP contribution < -0.4 is 5.32 Å². The first-order chi connectivity index (χ1) is 8.65. The van der Waals surface area contributed by atoms with Gasteiger partial charge in [0.25, 0.3) is 0 Å². The minimum absolute atomic E-state index is 0.155. The summed E-state index contributed by atoms with van der Waals surface area (Å²) in [6.45, 7) is 2.05. The van der Waals surface area contributed by atoms with E-state index in [0.717, 1.165) is 31.2 Å². The summed E-state index contributed by atoms with van der Waals surface area (Å²) in [7, 11) is 0. The summed E-state index contributed by atoms with van der Waals surface area (Å²) in [5.41, 5.74) is 2.32. The van der Waals surface area contributed by atoms with Crippen molar-refractivity contribution in [3.63, 3.8) is 0 Å². The van der Waals surface area contributed by atoms with Gasteiger partial charge in [-0.05, 0) is 43.7 Å². The Labute approximate surface area is 117 Å². The van der Waals surface area contributed by atoms with Gasteiger partial charge in [0, 0.05) is 10.9 Å². The van der Waals surface area contributed by atoms with Crippen LogP contribution in [0.15, 0.2) is 24.3 Å². The molecule has 1 aliphatic rings. The second-order valence-corrected chi connectivity index (χ2v) is 6.41. The van der Waals surface area contributed by atoms with Crippen LogP contribution in [0.25, 0.3) is 0 Å². The predicted octanol–water partition coefficient (Wildman–Crippen LogP) is 3.36. The standard InChI is InChI=1S/C15H20BrNO/c1-11-4-2-3-5-12(11)10-15(18)17-14-8-6-13(16)7-9-14/h2-5,13-14H,6-10H2,1H3,(H,17,18). The number of hydrogen-bond acceptors (Lipinski definition) is 1. The Bertz CT molecular complexity index is 411. The second kappa shape index (κ2) is 6.37. The first-order valence-electron chi connectivity index (χ1n) is 6.63. The number of alkyl halides is 1. The zero-order chi connectivity index (χ0) is 13.0. The van der Waals surface area contributed by atoms with Gasteiger partial charge in [-0.3, -0.25) is 4.79 Å². The number of amides is 1. The van der Waals surface area contributed by atoms with Crippen molar-refractivity contribution in [1.29, 1.82) is 0 Å². The molecule has 1 fully saturated rings. The third-order valence-electron chi connectivity index (χ3n) is 3.63. The van der Waals surface area contributed by atoms with Crippen LogP contribution in [0.4, 0.5) is 0 Å². The summed E-state index contributed by atoms with van der Waals surface area (Å²) >= 11 is 3.63. The molecule has 2 rings (SSSR count). The summed E-state index contributed by atoms with van der Waals surface area (Å²) in [6.07, 6.45) is 5.01. The fourth-order valence-electron chi connectivity index (χ4n) is 2.46. The van der Waals surface area contributed by atoms with Crippen molar-refractivity contribution in [2.45, 2.75) is 49.9 Å². The topological polar surface area (TPSA) is 29.1 Å². The van der Waals surface area contributed by atoms with Crippen molar-refractivity contribution in [2.24, 2.45) is 0 Å². The molecule has 1 amide bonds. The lowest BCUT2D eigenvalue weighted by molar-refractivity contribution is -0.121. The molecular formula is C15H20BrNO. The van der Waals surface area contributed by atoms with Crippen LogP contribution in [0.5, 0.6) is 0 Å². The van der Waals surface area contributed by atoms with E-state index in [4.69, 9.17) is 0 Å². The molecule has 98 valence electrons. The van der Waals surface area contributed by atoms with Crippen molar-refractivity contribution < 1.29 is 4.79 Å².